The summed E-state index contributed by atoms with van der Waals surface area (Å²) in [5.41, 5.74) is -0.225. The fourth-order valence-corrected chi connectivity index (χ4v) is 3.85. The maximum atomic E-state index is 12.5. The van der Waals surface area contributed by atoms with E-state index in [9.17, 15) is 9.59 Å². The molecule has 0 aromatic heterocycles. The zero-order valence-corrected chi connectivity index (χ0v) is 17.1. The van der Waals surface area contributed by atoms with Crippen LogP contribution >= 0.6 is 0 Å². The molecule has 2 aliphatic rings. The van der Waals surface area contributed by atoms with Crippen molar-refractivity contribution >= 4 is 12.1 Å². The van der Waals surface area contributed by atoms with Crippen LogP contribution in [0.15, 0.2) is 30.3 Å². The minimum absolute atomic E-state index is 0.237. The summed E-state index contributed by atoms with van der Waals surface area (Å²) in [7, 11) is 1.38. The average molecular weight is 390 g/mol. The number of benzene rings is 1. The molecule has 3 rings (SSSR count). The van der Waals surface area contributed by atoms with Crippen LogP contribution in [0.25, 0.3) is 0 Å². The van der Waals surface area contributed by atoms with Crippen LogP contribution in [0.2, 0.25) is 0 Å². The van der Waals surface area contributed by atoms with Crippen molar-refractivity contribution in [1.82, 2.24) is 10.4 Å². The summed E-state index contributed by atoms with van der Waals surface area (Å²) in [5, 5.41) is 4.67. The number of alkyl carbamates (subject to hydrolysis) is 1. The first-order valence-electron chi connectivity index (χ1n) is 9.85. The van der Waals surface area contributed by atoms with Gasteiger partial charge in [0.05, 0.1) is 13.2 Å². The van der Waals surface area contributed by atoms with E-state index in [1.807, 2.05) is 51.1 Å². The Hall–Kier alpha value is -2.12. The first kappa shape index (κ1) is 20.6. The molecule has 1 heterocycles. The minimum atomic E-state index is -0.678. The molecule has 1 saturated carbocycles. The minimum Gasteiger partial charge on any atom is -0.468 e. The summed E-state index contributed by atoms with van der Waals surface area (Å²) in [6.45, 7) is 5.49. The van der Waals surface area contributed by atoms with Crippen LogP contribution in [-0.2, 0) is 25.5 Å². The molecule has 2 unspecified atom stereocenters. The number of amides is 1. The lowest BCUT2D eigenvalue weighted by atomic mass is 9.87. The number of nitrogens with zero attached hydrogens (tertiary/aromatic N) is 1. The Labute approximate surface area is 166 Å². The van der Waals surface area contributed by atoms with Crippen LogP contribution in [0.1, 0.15) is 52.0 Å². The Bertz CT molecular complexity index is 702. The van der Waals surface area contributed by atoms with Gasteiger partial charge in [0.2, 0.25) is 0 Å². The lowest BCUT2D eigenvalue weighted by Crippen LogP contribution is -2.52. The van der Waals surface area contributed by atoms with Crippen molar-refractivity contribution < 1.29 is 23.9 Å². The third kappa shape index (κ3) is 4.64. The van der Waals surface area contributed by atoms with E-state index in [2.05, 4.69) is 5.32 Å². The van der Waals surface area contributed by atoms with Gasteiger partial charge in [0.15, 0.2) is 5.72 Å². The van der Waals surface area contributed by atoms with Gasteiger partial charge in [0, 0.05) is 6.42 Å². The van der Waals surface area contributed by atoms with E-state index < -0.39 is 23.5 Å². The van der Waals surface area contributed by atoms with E-state index in [1.54, 1.807) is 5.06 Å². The summed E-state index contributed by atoms with van der Waals surface area (Å²) in [5.74, 6) is -0.345. The van der Waals surface area contributed by atoms with E-state index in [-0.39, 0.29) is 12.0 Å². The van der Waals surface area contributed by atoms with Crippen molar-refractivity contribution in [3.8, 4) is 0 Å². The van der Waals surface area contributed by atoms with Gasteiger partial charge in [-0.05, 0) is 45.6 Å². The molecular formula is C21H30N2O5. The first-order chi connectivity index (χ1) is 13.2. The number of esters is 1. The average Bonchev–Trinajstić information content (AvgIpc) is 3.34. The van der Waals surface area contributed by atoms with E-state index >= 15 is 0 Å². The zero-order valence-electron chi connectivity index (χ0n) is 17.1. The van der Waals surface area contributed by atoms with Gasteiger partial charge in [0.25, 0.3) is 0 Å². The highest BCUT2D eigenvalue weighted by molar-refractivity contribution is 5.76. The summed E-state index contributed by atoms with van der Waals surface area (Å²) in [6, 6.07) is 8.97. The Kier molecular flexibility index (Phi) is 5.95. The van der Waals surface area contributed by atoms with Gasteiger partial charge in [0.1, 0.15) is 11.6 Å². The predicted molar refractivity (Wildman–Crippen MR) is 103 cm³/mol. The normalized spacial score (nSPS) is 27.7. The van der Waals surface area contributed by atoms with Gasteiger partial charge in [-0.15, -0.1) is 5.06 Å². The fourth-order valence-electron chi connectivity index (χ4n) is 3.85. The third-order valence-corrected chi connectivity index (χ3v) is 5.14. The molecule has 0 radical (unpaired) electrons. The number of carbonyl (C=O) groups excluding carboxylic acids is 2. The summed E-state index contributed by atoms with van der Waals surface area (Å²) < 4.78 is 10.4. The van der Waals surface area contributed by atoms with Crippen molar-refractivity contribution in [2.45, 2.75) is 76.3 Å². The van der Waals surface area contributed by atoms with E-state index in [1.165, 1.54) is 7.11 Å². The molecule has 1 aliphatic carbocycles. The molecule has 1 spiro atoms. The molecular weight excluding hydrogens is 360 g/mol. The molecule has 1 aromatic rings. The number of rotatable bonds is 5. The topological polar surface area (TPSA) is 80.2 Å². The van der Waals surface area contributed by atoms with E-state index in [4.69, 9.17) is 14.3 Å². The molecule has 1 N–H and O–H groups in total. The second-order valence-electron chi connectivity index (χ2n) is 8.44. The second kappa shape index (κ2) is 8.09. The molecule has 2 fully saturated rings. The van der Waals surface area contributed by atoms with E-state index in [0.717, 1.165) is 31.2 Å². The predicted octanol–water partition coefficient (Wildman–Crippen LogP) is 3.18. The Morgan fingerprint density at radius 1 is 1.29 bits per heavy atom. The summed E-state index contributed by atoms with van der Waals surface area (Å²) >= 11 is 0. The highest BCUT2D eigenvalue weighted by Crippen LogP contribution is 2.49. The largest absolute Gasteiger partial charge is 0.468 e. The summed E-state index contributed by atoms with van der Waals surface area (Å²) in [6.07, 6.45) is 3.49. The number of hydrogen-bond acceptors (Lipinski definition) is 6. The zero-order chi connectivity index (χ0) is 20.4. The maximum absolute atomic E-state index is 12.5. The van der Waals surface area contributed by atoms with Crippen molar-refractivity contribution in [1.29, 1.82) is 0 Å². The van der Waals surface area contributed by atoms with Crippen LogP contribution in [0.5, 0.6) is 0 Å². The van der Waals surface area contributed by atoms with E-state index in [0.29, 0.717) is 6.42 Å². The van der Waals surface area contributed by atoms with Crippen LogP contribution in [-0.4, -0.2) is 47.6 Å². The van der Waals surface area contributed by atoms with Gasteiger partial charge in [-0.1, -0.05) is 36.8 Å². The molecule has 1 amide bonds. The Morgan fingerprint density at radius 3 is 2.64 bits per heavy atom. The number of methoxy groups -OCH3 is 1. The maximum Gasteiger partial charge on any atom is 0.408 e. The van der Waals surface area contributed by atoms with Gasteiger partial charge in [-0.25, -0.2) is 4.79 Å². The molecule has 28 heavy (non-hydrogen) atoms. The molecule has 4 atom stereocenters. The molecule has 7 nitrogen and oxygen atoms in total. The van der Waals surface area contributed by atoms with Crippen molar-refractivity contribution in [2.75, 3.05) is 7.11 Å². The molecule has 7 heteroatoms. The molecule has 1 aliphatic heterocycles. The van der Waals surface area contributed by atoms with Crippen LogP contribution in [0.3, 0.4) is 0 Å². The lowest BCUT2D eigenvalue weighted by Gasteiger charge is -2.31. The first-order valence-corrected chi connectivity index (χ1v) is 9.85. The number of ether oxygens (including phenoxy) is 2. The van der Waals surface area contributed by atoms with Gasteiger partial charge < -0.3 is 14.8 Å². The number of hydrogen-bond donors (Lipinski definition) is 1. The van der Waals surface area contributed by atoms with Crippen LogP contribution in [0.4, 0.5) is 4.79 Å². The van der Waals surface area contributed by atoms with Gasteiger partial charge in [-0.2, -0.15) is 0 Å². The smallest absolute Gasteiger partial charge is 0.408 e. The number of carbonyl (C=O) groups is 2. The molecule has 154 valence electrons. The van der Waals surface area contributed by atoms with Gasteiger partial charge in [-0.3, -0.25) is 9.63 Å². The van der Waals surface area contributed by atoms with Crippen molar-refractivity contribution in [3.63, 3.8) is 0 Å². The van der Waals surface area contributed by atoms with Crippen LogP contribution < -0.4 is 5.32 Å². The molecule has 0 bridgehead atoms. The standard InChI is InChI=1S/C21H30N2O5/c1-20(2,3)27-19(25)22-17-12-8-9-13-21(17)23(28-21)16(18(24)26-4)14-15-10-6-5-7-11-15/h5-7,10-11,16-17H,8-9,12-14H2,1-4H3,(H,22,25)/t16-,17-,21?,23?/m0/s1. The monoisotopic (exact) mass is 390 g/mol. The quantitative estimate of drug-likeness (QED) is 0.614. The number of nitrogens with one attached hydrogen (secondary N) is 1. The fraction of sp³-hybridized carbons (Fsp3) is 0.619. The van der Waals surface area contributed by atoms with Crippen molar-refractivity contribution in [3.05, 3.63) is 35.9 Å². The van der Waals surface area contributed by atoms with Crippen molar-refractivity contribution in [2.24, 2.45) is 0 Å². The highest BCUT2D eigenvalue weighted by Gasteiger charge is 2.65. The molecule has 1 aromatic carbocycles. The van der Waals surface area contributed by atoms with Gasteiger partial charge >= 0.3 is 12.1 Å². The lowest BCUT2D eigenvalue weighted by molar-refractivity contribution is -0.147. The summed E-state index contributed by atoms with van der Waals surface area (Å²) in [4.78, 5) is 30.8. The third-order valence-electron chi connectivity index (χ3n) is 5.14. The highest BCUT2D eigenvalue weighted by atomic mass is 16.9. The SMILES string of the molecule is COC(=O)[C@H](Cc1ccccc1)N1OC12CCCC[C@@H]2NC(=O)OC(C)(C)C. The second-order valence-corrected chi connectivity index (χ2v) is 8.44. The van der Waals surface area contributed by atoms with Crippen LogP contribution in [0, 0.1) is 0 Å². The Morgan fingerprint density at radius 2 is 2.00 bits per heavy atom. The Balaban J connectivity index is 1.74. The molecule has 1 saturated heterocycles. The number of hydroxylamine groups is 2.